The van der Waals surface area contributed by atoms with Gasteiger partial charge in [0.05, 0.1) is 10.5 Å². The number of nitro groups is 1. The van der Waals surface area contributed by atoms with Crippen LogP contribution in [0.3, 0.4) is 0 Å². The molecule has 0 atom stereocenters. The van der Waals surface area contributed by atoms with Crippen molar-refractivity contribution in [3.63, 3.8) is 0 Å². The highest BCUT2D eigenvalue weighted by molar-refractivity contribution is 9.10. The maximum Gasteiger partial charge on any atom is 0.332 e. The molecule has 0 saturated carbocycles. The highest BCUT2D eigenvalue weighted by Gasteiger charge is 2.19. The average Bonchev–Trinajstić information content (AvgIpc) is 2.42. The van der Waals surface area contributed by atoms with E-state index in [1.807, 2.05) is 13.0 Å². The molecular weight excluding hydrogens is 326 g/mol. The first-order chi connectivity index (χ1) is 9.51. The van der Waals surface area contributed by atoms with Crippen molar-refractivity contribution in [3.05, 3.63) is 56.2 Å². The van der Waals surface area contributed by atoms with E-state index in [1.165, 1.54) is 6.20 Å². The molecule has 0 saturated heterocycles. The van der Waals surface area contributed by atoms with Gasteiger partial charge in [-0.2, -0.15) is 5.26 Å². The highest BCUT2D eigenvalue weighted by atomic mass is 79.9. The number of benzene rings is 1. The molecule has 20 heavy (non-hydrogen) atoms. The molecule has 6 nitrogen and oxygen atoms in total. The number of aryl methyl sites for hydroxylation is 1. The van der Waals surface area contributed by atoms with Crippen LogP contribution in [0, 0.1) is 28.4 Å². The zero-order chi connectivity index (χ0) is 14.7. The van der Waals surface area contributed by atoms with Crippen molar-refractivity contribution >= 4 is 21.6 Å². The molecule has 1 aromatic heterocycles. The number of ether oxygens (including phenoxy) is 1. The summed E-state index contributed by atoms with van der Waals surface area (Å²) in [5.41, 5.74) is 0.572. The summed E-state index contributed by atoms with van der Waals surface area (Å²) < 4.78 is 6.35. The number of pyridine rings is 1. The number of halogens is 1. The molecule has 7 heteroatoms. The Kier molecular flexibility index (Phi) is 3.96. The largest absolute Gasteiger partial charge is 0.433 e. The third-order valence-corrected chi connectivity index (χ3v) is 2.99. The van der Waals surface area contributed by atoms with E-state index < -0.39 is 4.92 Å². The second-order valence-electron chi connectivity index (χ2n) is 3.93. The molecule has 0 amide bonds. The Bertz CT molecular complexity index is 725. The van der Waals surface area contributed by atoms with Crippen LogP contribution < -0.4 is 4.74 Å². The Morgan fingerprint density at radius 3 is 2.80 bits per heavy atom. The number of rotatable bonds is 3. The van der Waals surface area contributed by atoms with Crippen LogP contribution in [0.1, 0.15) is 11.1 Å². The van der Waals surface area contributed by atoms with Gasteiger partial charge in [-0.25, -0.2) is 4.98 Å². The first kappa shape index (κ1) is 14.0. The molecule has 0 bridgehead atoms. The van der Waals surface area contributed by atoms with E-state index in [2.05, 4.69) is 20.9 Å². The van der Waals surface area contributed by atoms with Crippen LogP contribution in [-0.2, 0) is 0 Å². The molecule has 0 aliphatic rings. The van der Waals surface area contributed by atoms with Crippen LogP contribution >= 0.6 is 15.9 Å². The highest BCUT2D eigenvalue weighted by Crippen LogP contribution is 2.32. The monoisotopic (exact) mass is 333 g/mol. The molecule has 1 heterocycles. The van der Waals surface area contributed by atoms with Crippen molar-refractivity contribution in [2.75, 3.05) is 0 Å². The van der Waals surface area contributed by atoms with Crippen LogP contribution in [0.25, 0.3) is 0 Å². The van der Waals surface area contributed by atoms with Gasteiger partial charge in [0.1, 0.15) is 11.8 Å². The predicted octanol–water partition coefficient (Wildman–Crippen LogP) is 3.72. The number of hydrogen-bond donors (Lipinski definition) is 0. The van der Waals surface area contributed by atoms with Gasteiger partial charge in [0.25, 0.3) is 5.88 Å². The van der Waals surface area contributed by atoms with Gasteiger partial charge in [-0.1, -0.05) is 15.9 Å². The lowest BCUT2D eigenvalue weighted by molar-refractivity contribution is -0.386. The van der Waals surface area contributed by atoms with E-state index in [-0.39, 0.29) is 17.1 Å². The maximum absolute atomic E-state index is 11.0. The Labute approximate surface area is 122 Å². The van der Waals surface area contributed by atoms with Crippen LogP contribution in [0.2, 0.25) is 0 Å². The van der Waals surface area contributed by atoms with Gasteiger partial charge in [-0.05, 0) is 30.7 Å². The summed E-state index contributed by atoms with van der Waals surface area (Å²) in [6, 6.07) is 8.21. The number of hydrogen-bond acceptors (Lipinski definition) is 5. The summed E-state index contributed by atoms with van der Waals surface area (Å²) in [5.74, 6) is 0.327. The maximum atomic E-state index is 11.0. The molecule has 0 N–H and O–H groups in total. The normalized spacial score (nSPS) is 9.85. The van der Waals surface area contributed by atoms with E-state index in [1.54, 1.807) is 18.2 Å². The summed E-state index contributed by atoms with van der Waals surface area (Å²) in [4.78, 5) is 14.2. The van der Waals surface area contributed by atoms with Crippen LogP contribution in [0.4, 0.5) is 5.69 Å². The topological polar surface area (TPSA) is 89.0 Å². The number of nitriles is 1. The zero-order valence-corrected chi connectivity index (χ0v) is 11.9. The molecule has 100 valence electrons. The summed E-state index contributed by atoms with van der Waals surface area (Å²) in [6.45, 7) is 1.82. The first-order valence-corrected chi connectivity index (χ1v) is 6.29. The molecule has 0 unspecified atom stereocenters. The first-order valence-electron chi connectivity index (χ1n) is 5.50. The van der Waals surface area contributed by atoms with Crippen LogP contribution in [0.5, 0.6) is 11.6 Å². The molecule has 0 radical (unpaired) electrons. The lowest BCUT2D eigenvalue weighted by Gasteiger charge is -2.08. The molecule has 0 spiro atoms. The number of nitrogens with zero attached hydrogens (tertiary/aromatic N) is 3. The standard InChI is InChI=1S/C13H8BrN3O3/c1-8-4-10(14)2-3-12(8)20-13-11(17(18)19)5-9(6-15)7-16-13/h2-5,7H,1H3. The van der Waals surface area contributed by atoms with Crippen LogP contribution in [0.15, 0.2) is 34.9 Å². The molecule has 2 rings (SSSR count). The third kappa shape index (κ3) is 2.92. The quantitative estimate of drug-likeness (QED) is 0.630. The second-order valence-corrected chi connectivity index (χ2v) is 4.84. The van der Waals surface area contributed by atoms with E-state index in [0.29, 0.717) is 5.75 Å². The van der Waals surface area contributed by atoms with E-state index in [9.17, 15) is 10.1 Å². The lowest BCUT2D eigenvalue weighted by Crippen LogP contribution is -1.98. The van der Waals surface area contributed by atoms with Crippen molar-refractivity contribution in [2.45, 2.75) is 6.92 Å². The Hall–Kier alpha value is -2.46. The summed E-state index contributed by atoms with van der Waals surface area (Å²) >= 11 is 3.32. The zero-order valence-electron chi connectivity index (χ0n) is 10.3. The van der Waals surface area contributed by atoms with Gasteiger partial charge in [0.15, 0.2) is 0 Å². The van der Waals surface area contributed by atoms with Crippen LogP contribution in [-0.4, -0.2) is 9.91 Å². The molecule has 2 aromatic rings. The van der Waals surface area contributed by atoms with Crippen molar-refractivity contribution < 1.29 is 9.66 Å². The van der Waals surface area contributed by atoms with Gasteiger partial charge < -0.3 is 4.74 Å². The fourth-order valence-electron chi connectivity index (χ4n) is 1.54. The van der Waals surface area contributed by atoms with Crippen molar-refractivity contribution in [2.24, 2.45) is 0 Å². The van der Waals surface area contributed by atoms with Crippen molar-refractivity contribution in [1.29, 1.82) is 5.26 Å². The SMILES string of the molecule is Cc1cc(Br)ccc1Oc1ncc(C#N)cc1[N+](=O)[O-]. The number of aromatic nitrogens is 1. The van der Waals surface area contributed by atoms with E-state index >= 15 is 0 Å². The van der Waals surface area contributed by atoms with Gasteiger partial charge >= 0.3 is 5.69 Å². The Balaban J connectivity index is 2.43. The van der Waals surface area contributed by atoms with Gasteiger partial charge in [0.2, 0.25) is 0 Å². The Morgan fingerprint density at radius 2 is 2.20 bits per heavy atom. The molecule has 0 fully saturated rings. The van der Waals surface area contributed by atoms with E-state index in [4.69, 9.17) is 10.00 Å². The minimum Gasteiger partial charge on any atom is -0.433 e. The second kappa shape index (κ2) is 5.67. The van der Waals surface area contributed by atoms with Crippen molar-refractivity contribution in [1.82, 2.24) is 4.98 Å². The minimum atomic E-state index is -0.628. The molecular formula is C13H8BrN3O3. The molecule has 0 aliphatic carbocycles. The van der Waals surface area contributed by atoms with Gasteiger partial charge in [0, 0.05) is 16.7 Å². The Morgan fingerprint density at radius 1 is 1.45 bits per heavy atom. The van der Waals surface area contributed by atoms with Crippen molar-refractivity contribution in [3.8, 4) is 17.7 Å². The summed E-state index contributed by atoms with van der Waals surface area (Å²) in [6.07, 6.45) is 1.23. The fraction of sp³-hybridized carbons (Fsp3) is 0.0769. The fourth-order valence-corrected chi connectivity index (χ4v) is 2.02. The third-order valence-electron chi connectivity index (χ3n) is 2.50. The van der Waals surface area contributed by atoms with Gasteiger partial charge in [-0.15, -0.1) is 0 Å². The average molecular weight is 334 g/mol. The molecule has 0 aliphatic heterocycles. The summed E-state index contributed by atoms with van der Waals surface area (Å²) in [7, 11) is 0. The molecule has 1 aromatic carbocycles. The predicted molar refractivity (Wildman–Crippen MR) is 74.6 cm³/mol. The lowest BCUT2D eigenvalue weighted by atomic mass is 10.2. The summed E-state index contributed by atoms with van der Waals surface area (Å²) in [5, 5.41) is 19.7. The van der Waals surface area contributed by atoms with Gasteiger partial charge in [-0.3, -0.25) is 10.1 Å². The smallest absolute Gasteiger partial charge is 0.332 e. The van der Waals surface area contributed by atoms with E-state index in [0.717, 1.165) is 16.1 Å². The minimum absolute atomic E-state index is 0.108.